The van der Waals surface area contributed by atoms with Crippen LogP contribution in [0.2, 0.25) is 0 Å². The third kappa shape index (κ3) is 5.61. The van der Waals surface area contributed by atoms with Crippen molar-refractivity contribution in [3.05, 3.63) is 58.6 Å². The molecule has 0 aliphatic rings. The minimum atomic E-state index is -0.749. The molecule has 0 saturated carbocycles. The number of carbonyl (C=O) groups excluding carboxylic acids is 3. The number of benzene rings is 2. The van der Waals surface area contributed by atoms with Gasteiger partial charge in [-0.3, -0.25) is 9.59 Å². The van der Waals surface area contributed by atoms with E-state index < -0.39 is 31.0 Å². The van der Waals surface area contributed by atoms with Crippen LogP contribution in [0.4, 0.5) is 5.69 Å². The fourth-order valence-corrected chi connectivity index (χ4v) is 2.25. The molecule has 130 valence electrons. The van der Waals surface area contributed by atoms with E-state index in [1.807, 2.05) is 0 Å². The zero-order valence-corrected chi connectivity index (χ0v) is 14.6. The Bertz CT molecular complexity index is 794. The molecule has 7 nitrogen and oxygen atoms in total. The molecule has 3 N–H and O–H groups in total. The summed E-state index contributed by atoms with van der Waals surface area (Å²) in [4.78, 5) is 34.7. The van der Waals surface area contributed by atoms with Crippen LogP contribution in [0, 0.1) is 0 Å². The summed E-state index contributed by atoms with van der Waals surface area (Å²) in [6.45, 7) is -0.909. The average Bonchev–Trinajstić information content (AvgIpc) is 2.60. The maximum Gasteiger partial charge on any atom is 0.344 e. The Kier molecular flexibility index (Phi) is 6.53. The lowest BCUT2D eigenvalue weighted by Crippen LogP contribution is -2.24. The molecule has 2 amide bonds. The van der Waals surface area contributed by atoms with Crippen LogP contribution in [0.5, 0.6) is 5.75 Å². The van der Waals surface area contributed by atoms with Gasteiger partial charge in [-0.2, -0.15) is 0 Å². The molecule has 0 bridgehead atoms. The summed E-state index contributed by atoms with van der Waals surface area (Å²) >= 11 is 3.29. The van der Waals surface area contributed by atoms with Crippen molar-refractivity contribution in [3.8, 4) is 5.75 Å². The number of primary amides is 1. The Hall–Kier alpha value is -2.87. The van der Waals surface area contributed by atoms with Crippen molar-refractivity contribution < 1.29 is 23.9 Å². The van der Waals surface area contributed by atoms with Gasteiger partial charge in [0.25, 0.3) is 11.8 Å². The summed E-state index contributed by atoms with van der Waals surface area (Å²) in [5.74, 6) is -1.74. The molecule has 2 rings (SSSR count). The van der Waals surface area contributed by atoms with Gasteiger partial charge in [0, 0.05) is 4.47 Å². The summed E-state index contributed by atoms with van der Waals surface area (Å²) in [6.07, 6.45) is 0. The molecule has 25 heavy (non-hydrogen) atoms. The van der Waals surface area contributed by atoms with Crippen molar-refractivity contribution in [2.45, 2.75) is 0 Å². The highest BCUT2D eigenvalue weighted by atomic mass is 79.9. The zero-order valence-electron chi connectivity index (χ0n) is 13.0. The maximum atomic E-state index is 11.8. The van der Waals surface area contributed by atoms with Gasteiger partial charge in [0.1, 0.15) is 5.75 Å². The summed E-state index contributed by atoms with van der Waals surface area (Å²) in [5, 5.41) is 2.60. The third-order valence-corrected chi connectivity index (χ3v) is 3.70. The first-order valence-corrected chi connectivity index (χ1v) is 7.98. The predicted molar refractivity (Wildman–Crippen MR) is 94.2 cm³/mol. The molecule has 0 heterocycles. The Morgan fingerprint density at radius 2 is 1.68 bits per heavy atom. The molecule has 2 aromatic rings. The van der Waals surface area contributed by atoms with Gasteiger partial charge in [-0.05, 0) is 40.2 Å². The molecule has 0 spiro atoms. The molecule has 0 radical (unpaired) electrons. The molecule has 0 aliphatic heterocycles. The molecule has 0 aromatic heterocycles. The van der Waals surface area contributed by atoms with E-state index in [0.29, 0.717) is 10.2 Å². The van der Waals surface area contributed by atoms with Crippen molar-refractivity contribution >= 4 is 39.4 Å². The Morgan fingerprint density at radius 3 is 2.40 bits per heavy atom. The van der Waals surface area contributed by atoms with E-state index in [2.05, 4.69) is 21.2 Å². The lowest BCUT2D eigenvalue weighted by Gasteiger charge is -2.10. The monoisotopic (exact) mass is 406 g/mol. The van der Waals surface area contributed by atoms with Gasteiger partial charge in [0.2, 0.25) is 0 Å². The summed E-state index contributed by atoms with van der Waals surface area (Å²) in [6, 6.07) is 13.3. The van der Waals surface area contributed by atoms with Gasteiger partial charge in [0.15, 0.2) is 13.2 Å². The summed E-state index contributed by atoms with van der Waals surface area (Å²) < 4.78 is 10.8. The van der Waals surface area contributed by atoms with Crippen molar-refractivity contribution in [2.75, 3.05) is 18.5 Å². The predicted octanol–water partition coefficient (Wildman–Crippen LogP) is 2.11. The summed E-state index contributed by atoms with van der Waals surface area (Å²) in [5.41, 5.74) is 5.93. The van der Waals surface area contributed by atoms with Crippen molar-refractivity contribution in [2.24, 2.45) is 5.73 Å². The number of para-hydroxylation sites is 2. The Labute approximate surface area is 152 Å². The third-order valence-electron chi connectivity index (χ3n) is 3.01. The number of carbonyl (C=O) groups is 3. The minimum absolute atomic E-state index is 0.155. The molecule has 2 aromatic carbocycles. The van der Waals surface area contributed by atoms with E-state index in [0.717, 1.165) is 0 Å². The van der Waals surface area contributed by atoms with Gasteiger partial charge in [-0.25, -0.2) is 4.79 Å². The number of amides is 2. The zero-order chi connectivity index (χ0) is 18.2. The SMILES string of the molecule is NC(=O)c1ccccc1OCC(=O)OCC(=O)Nc1ccccc1Br. The smallest absolute Gasteiger partial charge is 0.344 e. The largest absolute Gasteiger partial charge is 0.481 e. The topological polar surface area (TPSA) is 108 Å². The molecule has 8 heteroatoms. The van der Waals surface area contributed by atoms with Crippen LogP contribution in [0.25, 0.3) is 0 Å². The fraction of sp³-hybridized carbons (Fsp3) is 0.118. The van der Waals surface area contributed by atoms with Crippen LogP contribution < -0.4 is 15.8 Å². The second kappa shape index (κ2) is 8.84. The van der Waals surface area contributed by atoms with E-state index in [4.69, 9.17) is 15.2 Å². The Balaban J connectivity index is 1.80. The fourth-order valence-electron chi connectivity index (χ4n) is 1.87. The van der Waals surface area contributed by atoms with Crippen molar-refractivity contribution in [3.63, 3.8) is 0 Å². The summed E-state index contributed by atoms with van der Waals surface area (Å²) in [7, 11) is 0. The average molecular weight is 407 g/mol. The first-order valence-electron chi connectivity index (χ1n) is 7.19. The van der Waals surface area contributed by atoms with Gasteiger partial charge < -0.3 is 20.5 Å². The van der Waals surface area contributed by atoms with Crippen LogP contribution in [0.3, 0.4) is 0 Å². The van der Waals surface area contributed by atoms with Gasteiger partial charge in [-0.1, -0.05) is 24.3 Å². The lowest BCUT2D eigenvalue weighted by atomic mass is 10.2. The number of hydrogen-bond donors (Lipinski definition) is 2. The quantitative estimate of drug-likeness (QED) is 0.684. The lowest BCUT2D eigenvalue weighted by molar-refractivity contribution is -0.149. The highest BCUT2D eigenvalue weighted by molar-refractivity contribution is 9.10. The normalized spacial score (nSPS) is 9.96. The van der Waals surface area contributed by atoms with E-state index >= 15 is 0 Å². The molecule has 0 saturated heterocycles. The van der Waals surface area contributed by atoms with E-state index in [1.54, 1.807) is 36.4 Å². The van der Waals surface area contributed by atoms with Crippen molar-refractivity contribution in [1.82, 2.24) is 0 Å². The van der Waals surface area contributed by atoms with Crippen molar-refractivity contribution in [1.29, 1.82) is 0 Å². The highest BCUT2D eigenvalue weighted by Gasteiger charge is 2.13. The molecule has 0 aliphatic carbocycles. The van der Waals surface area contributed by atoms with E-state index in [9.17, 15) is 14.4 Å². The number of nitrogens with one attached hydrogen (secondary N) is 1. The van der Waals surface area contributed by atoms with Crippen LogP contribution in [0.15, 0.2) is 53.0 Å². The molecule has 0 atom stereocenters. The first-order chi connectivity index (χ1) is 12.0. The number of esters is 1. The van der Waals surface area contributed by atoms with Crippen LogP contribution >= 0.6 is 15.9 Å². The van der Waals surface area contributed by atoms with E-state index in [1.165, 1.54) is 12.1 Å². The highest BCUT2D eigenvalue weighted by Crippen LogP contribution is 2.21. The van der Waals surface area contributed by atoms with Gasteiger partial charge in [-0.15, -0.1) is 0 Å². The number of ether oxygens (including phenoxy) is 2. The standard InChI is InChI=1S/C17H15BrN2O5/c18-12-6-2-3-7-13(12)20-15(21)9-25-16(22)10-24-14-8-4-1-5-11(14)17(19)23/h1-8H,9-10H2,(H2,19,23)(H,20,21). The first kappa shape index (κ1) is 18.5. The second-order valence-corrected chi connectivity index (χ2v) is 5.69. The molecule has 0 unspecified atom stereocenters. The second-order valence-electron chi connectivity index (χ2n) is 4.84. The maximum absolute atomic E-state index is 11.8. The molecular formula is C17H15BrN2O5. The number of nitrogens with two attached hydrogens (primary N) is 1. The molecule has 0 fully saturated rings. The van der Waals surface area contributed by atoms with Crippen LogP contribution in [-0.4, -0.2) is 31.0 Å². The van der Waals surface area contributed by atoms with Gasteiger partial charge >= 0.3 is 5.97 Å². The number of rotatable bonds is 7. The minimum Gasteiger partial charge on any atom is -0.481 e. The number of anilines is 1. The number of hydrogen-bond acceptors (Lipinski definition) is 5. The van der Waals surface area contributed by atoms with Crippen LogP contribution in [0.1, 0.15) is 10.4 Å². The van der Waals surface area contributed by atoms with E-state index in [-0.39, 0.29) is 11.3 Å². The van der Waals surface area contributed by atoms with Gasteiger partial charge in [0.05, 0.1) is 11.3 Å². The molecular weight excluding hydrogens is 392 g/mol. The number of halogens is 1. The van der Waals surface area contributed by atoms with Crippen LogP contribution in [-0.2, 0) is 14.3 Å². The Morgan fingerprint density at radius 1 is 1.00 bits per heavy atom.